The van der Waals surface area contributed by atoms with Gasteiger partial charge in [-0.15, -0.1) is 0 Å². The van der Waals surface area contributed by atoms with E-state index >= 15 is 0 Å². The van der Waals surface area contributed by atoms with Crippen LogP contribution in [-0.4, -0.2) is 5.24 Å². The molecule has 0 aliphatic carbocycles. The van der Waals surface area contributed by atoms with E-state index in [-0.39, 0.29) is 5.24 Å². The van der Waals surface area contributed by atoms with Gasteiger partial charge in [-0.2, -0.15) is 0 Å². The van der Waals surface area contributed by atoms with Crippen molar-refractivity contribution in [1.82, 2.24) is 5.32 Å². The van der Waals surface area contributed by atoms with Crippen molar-refractivity contribution in [3.8, 4) is 0 Å². The molecular weight excluding hydrogens is 242 g/mol. The van der Waals surface area contributed by atoms with Crippen LogP contribution in [0.3, 0.4) is 0 Å². The smallest absolute Gasteiger partial charge is 0.279 e. The monoisotopic (exact) mass is 257 g/mol. The molecule has 0 aromatic heterocycles. The number of carbonyl (C=O) groups is 1. The molecular formula is C15H15NOS. The third kappa shape index (κ3) is 4.26. The Balaban J connectivity index is 1.73. The first kappa shape index (κ1) is 12.7. The van der Waals surface area contributed by atoms with Crippen molar-refractivity contribution in [2.24, 2.45) is 0 Å². The number of amides is 1. The number of nitrogens with one attached hydrogen (secondary N) is 1. The van der Waals surface area contributed by atoms with Crippen LogP contribution in [-0.2, 0) is 12.3 Å². The maximum Gasteiger partial charge on any atom is 0.279 e. The van der Waals surface area contributed by atoms with Crippen LogP contribution in [0.4, 0.5) is 4.79 Å². The topological polar surface area (TPSA) is 29.1 Å². The summed E-state index contributed by atoms with van der Waals surface area (Å²) in [5.74, 6) is 0.710. The van der Waals surface area contributed by atoms with E-state index in [4.69, 9.17) is 0 Å². The SMILES string of the molecule is O=C(NCc1ccccc1)SCc1ccccc1. The summed E-state index contributed by atoms with van der Waals surface area (Å²) in [6.07, 6.45) is 0. The Kier molecular flexibility index (Phi) is 4.85. The minimum absolute atomic E-state index is 0.0164. The molecule has 0 bridgehead atoms. The lowest BCUT2D eigenvalue weighted by molar-refractivity contribution is 0.260. The number of thioether (sulfide) groups is 1. The summed E-state index contributed by atoms with van der Waals surface area (Å²) in [5.41, 5.74) is 2.28. The van der Waals surface area contributed by atoms with Gasteiger partial charge in [0.2, 0.25) is 0 Å². The van der Waals surface area contributed by atoms with E-state index in [0.29, 0.717) is 12.3 Å². The first-order chi connectivity index (χ1) is 8.84. The number of hydrogen-bond donors (Lipinski definition) is 1. The third-order valence-corrected chi connectivity index (χ3v) is 3.38. The summed E-state index contributed by atoms with van der Waals surface area (Å²) in [5, 5.41) is 2.91. The summed E-state index contributed by atoms with van der Waals surface area (Å²) < 4.78 is 0. The third-order valence-electron chi connectivity index (χ3n) is 2.49. The molecule has 0 saturated carbocycles. The van der Waals surface area contributed by atoms with E-state index in [1.54, 1.807) is 0 Å². The van der Waals surface area contributed by atoms with Crippen LogP contribution in [0.2, 0.25) is 0 Å². The molecule has 0 saturated heterocycles. The van der Waals surface area contributed by atoms with E-state index in [9.17, 15) is 4.79 Å². The summed E-state index contributed by atoms with van der Waals surface area (Å²) >= 11 is 1.30. The van der Waals surface area contributed by atoms with Crippen LogP contribution in [0.1, 0.15) is 11.1 Å². The molecule has 0 radical (unpaired) electrons. The van der Waals surface area contributed by atoms with Gasteiger partial charge in [-0.3, -0.25) is 4.79 Å². The van der Waals surface area contributed by atoms with Gasteiger partial charge in [-0.25, -0.2) is 0 Å². The van der Waals surface area contributed by atoms with E-state index < -0.39 is 0 Å². The van der Waals surface area contributed by atoms with Gasteiger partial charge in [0.1, 0.15) is 0 Å². The normalized spacial score (nSPS) is 10.0. The Morgan fingerprint density at radius 1 is 0.889 bits per heavy atom. The Labute approximate surface area is 111 Å². The van der Waals surface area contributed by atoms with Crippen molar-refractivity contribution in [1.29, 1.82) is 0 Å². The molecule has 92 valence electrons. The fourth-order valence-electron chi connectivity index (χ4n) is 1.54. The summed E-state index contributed by atoms with van der Waals surface area (Å²) in [7, 11) is 0. The van der Waals surface area contributed by atoms with Crippen molar-refractivity contribution in [3.05, 3.63) is 71.8 Å². The second-order valence-electron chi connectivity index (χ2n) is 3.90. The lowest BCUT2D eigenvalue weighted by Crippen LogP contribution is -2.17. The van der Waals surface area contributed by atoms with Crippen molar-refractivity contribution in [2.45, 2.75) is 12.3 Å². The molecule has 2 aromatic rings. The molecule has 18 heavy (non-hydrogen) atoms. The first-order valence-electron chi connectivity index (χ1n) is 5.83. The first-order valence-corrected chi connectivity index (χ1v) is 6.81. The maximum atomic E-state index is 11.6. The fourth-order valence-corrected chi connectivity index (χ4v) is 2.21. The zero-order chi connectivity index (χ0) is 12.6. The van der Waals surface area contributed by atoms with E-state index in [1.165, 1.54) is 11.8 Å². The fraction of sp³-hybridized carbons (Fsp3) is 0.133. The van der Waals surface area contributed by atoms with Crippen molar-refractivity contribution in [3.63, 3.8) is 0 Å². The Morgan fingerprint density at radius 2 is 1.44 bits per heavy atom. The van der Waals surface area contributed by atoms with Gasteiger partial charge in [0.05, 0.1) is 0 Å². The minimum atomic E-state index is 0.0164. The molecule has 0 atom stereocenters. The maximum absolute atomic E-state index is 11.6. The predicted octanol–water partition coefficient (Wildman–Crippen LogP) is 3.83. The quantitative estimate of drug-likeness (QED) is 0.902. The molecule has 0 aliphatic rings. The Bertz CT molecular complexity index is 439. The highest BCUT2D eigenvalue weighted by Crippen LogP contribution is 2.12. The van der Waals surface area contributed by atoms with Crippen molar-refractivity contribution < 1.29 is 4.79 Å². The lowest BCUT2D eigenvalue weighted by Gasteiger charge is -2.04. The standard InChI is InChI=1S/C15H15NOS/c17-15(16-11-13-7-3-1-4-8-13)18-12-14-9-5-2-6-10-14/h1-10H,11-12H2,(H,16,17). The van der Waals surface area contributed by atoms with Gasteiger partial charge in [-0.05, 0) is 11.1 Å². The number of benzene rings is 2. The second-order valence-corrected chi connectivity index (χ2v) is 4.85. The molecule has 1 N–H and O–H groups in total. The van der Waals surface area contributed by atoms with Crippen LogP contribution >= 0.6 is 11.8 Å². The zero-order valence-electron chi connectivity index (χ0n) is 10.0. The van der Waals surface area contributed by atoms with Gasteiger partial charge in [-0.1, -0.05) is 72.4 Å². The summed E-state index contributed by atoms with van der Waals surface area (Å²) in [6.45, 7) is 0.585. The molecule has 0 fully saturated rings. The lowest BCUT2D eigenvalue weighted by atomic mass is 10.2. The Hall–Kier alpha value is -1.74. The van der Waals surface area contributed by atoms with Gasteiger partial charge in [0.15, 0.2) is 0 Å². The van der Waals surface area contributed by atoms with E-state index in [0.717, 1.165) is 11.1 Å². The largest absolute Gasteiger partial charge is 0.343 e. The van der Waals surface area contributed by atoms with Gasteiger partial charge in [0.25, 0.3) is 5.24 Å². The summed E-state index contributed by atoms with van der Waals surface area (Å²) in [4.78, 5) is 11.6. The molecule has 2 nitrogen and oxygen atoms in total. The predicted molar refractivity (Wildman–Crippen MR) is 76.4 cm³/mol. The molecule has 0 aliphatic heterocycles. The van der Waals surface area contributed by atoms with E-state index in [1.807, 2.05) is 60.7 Å². The molecule has 0 unspecified atom stereocenters. The summed E-state index contributed by atoms with van der Waals surface area (Å²) in [6, 6.07) is 19.9. The molecule has 2 aromatic carbocycles. The number of carbonyl (C=O) groups excluding carboxylic acids is 1. The minimum Gasteiger partial charge on any atom is -0.343 e. The zero-order valence-corrected chi connectivity index (χ0v) is 10.8. The highest BCUT2D eigenvalue weighted by Gasteiger charge is 2.02. The molecule has 0 spiro atoms. The van der Waals surface area contributed by atoms with Crippen LogP contribution < -0.4 is 5.32 Å². The van der Waals surface area contributed by atoms with Gasteiger partial charge in [0, 0.05) is 12.3 Å². The van der Waals surface area contributed by atoms with Crippen LogP contribution in [0.25, 0.3) is 0 Å². The van der Waals surface area contributed by atoms with Crippen molar-refractivity contribution >= 4 is 17.0 Å². The molecule has 0 heterocycles. The second kappa shape index (κ2) is 6.87. The number of rotatable bonds is 4. The van der Waals surface area contributed by atoms with Gasteiger partial charge < -0.3 is 5.32 Å². The van der Waals surface area contributed by atoms with Crippen molar-refractivity contribution in [2.75, 3.05) is 0 Å². The van der Waals surface area contributed by atoms with E-state index in [2.05, 4.69) is 5.32 Å². The number of hydrogen-bond acceptors (Lipinski definition) is 2. The molecule has 2 rings (SSSR count). The highest BCUT2D eigenvalue weighted by atomic mass is 32.2. The molecule has 1 amide bonds. The van der Waals surface area contributed by atoms with Crippen LogP contribution in [0.5, 0.6) is 0 Å². The van der Waals surface area contributed by atoms with Gasteiger partial charge >= 0.3 is 0 Å². The van der Waals surface area contributed by atoms with Crippen LogP contribution in [0.15, 0.2) is 60.7 Å². The average Bonchev–Trinajstić information content (AvgIpc) is 2.45. The highest BCUT2D eigenvalue weighted by molar-refractivity contribution is 8.12. The van der Waals surface area contributed by atoms with Crippen LogP contribution in [0, 0.1) is 0 Å². The molecule has 3 heteroatoms. The Morgan fingerprint density at radius 3 is 2.06 bits per heavy atom. The average molecular weight is 257 g/mol.